The fourth-order valence-corrected chi connectivity index (χ4v) is 4.50. The number of H-pyrrole nitrogens is 1. The summed E-state index contributed by atoms with van der Waals surface area (Å²) in [5.74, 6) is 0.420. The molecule has 1 saturated heterocycles. The fourth-order valence-electron chi connectivity index (χ4n) is 4.50. The predicted octanol–water partition coefficient (Wildman–Crippen LogP) is 3.53. The average molecular weight is 370 g/mol. The fraction of sp³-hybridized carbons (Fsp3) is 0.524. The van der Waals surface area contributed by atoms with Gasteiger partial charge < -0.3 is 19.7 Å². The summed E-state index contributed by atoms with van der Waals surface area (Å²) in [6.07, 6.45) is 6.18. The molecule has 1 aliphatic carbocycles. The summed E-state index contributed by atoms with van der Waals surface area (Å²) in [5, 5.41) is 10.6. The van der Waals surface area contributed by atoms with Crippen molar-refractivity contribution in [3.8, 4) is 5.75 Å². The minimum absolute atomic E-state index is 0.00357. The number of piperidine rings is 1. The van der Waals surface area contributed by atoms with Gasteiger partial charge in [0.1, 0.15) is 5.75 Å². The Bertz CT molecular complexity index is 860. The molecule has 4 rings (SSSR count). The number of fused-ring (bicyclic) bond motifs is 1. The molecule has 144 valence electrons. The Balaban J connectivity index is 1.42. The number of nitrogens with one attached hydrogen (secondary N) is 1. The molecule has 2 aliphatic rings. The number of aromatic nitrogens is 1. The van der Waals surface area contributed by atoms with Crippen molar-refractivity contribution in [1.82, 2.24) is 9.88 Å². The number of carbonyl (C=O) groups is 2. The van der Waals surface area contributed by atoms with Gasteiger partial charge in [0.25, 0.3) is 0 Å². The van der Waals surface area contributed by atoms with Gasteiger partial charge in [-0.2, -0.15) is 0 Å². The molecule has 2 fully saturated rings. The lowest BCUT2D eigenvalue weighted by atomic mass is 9.66. The van der Waals surface area contributed by atoms with Crippen molar-refractivity contribution in [3.05, 3.63) is 30.0 Å². The number of rotatable bonds is 5. The maximum atomic E-state index is 12.6. The molecule has 1 amide bonds. The molecule has 0 spiro atoms. The third-order valence-corrected chi connectivity index (χ3v) is 6.46. The number of likely N-dealkylation sites (tertiary alicyclic amines) is 1. The summed E-state index contributed by atoms with van der Waals surface area (Å²) in [5.41, 5.74) is 1.57. The molecule has 0 atom stereocenters. The highest BCUT2D eigenvalue weighted by Gasteiger charge is 2.46. The molecule has 1 saturated carbocycles. The van der Waals surface area contributed by atoms with Gasteiger partial charge in [-0.3, -0.25) is 9.59 Å². The number of hydrogen-bond acceptors (Lipinski definition) is 3. The zero-order valence-corrected chi connectivity index (χ0v) is 15.7. The first kappa shape index (κ1) is 17.9. The molecule has 1 aromatic heterocycles. The highest BCUT2D eigenvalue weighted by molar-refractivity contribution is 5.86. The van der Waals surface area contributed by atoms with E-state index >= 15 is 0 Å². The zero-order chi connectivity index (χ0) is 19.0. The van der Waals surface area contributed by atoms with Crippen LogP contribution in [0.4, 0.5) is 0 Å². The Morgan fingerprint density at radius 3 is 2.63 bits per heavy atom. The molecular formula is C21H26N2O4. The number of carboxylic acid groups (broad SMARTS) is 1. The van der Waals surface area contributed by atoms with Crippen LogP contribution in [0.3, 0.4) is 0 Å². The monoisotopic (exact) mass is 370 g/mol. The van der Waals surface area contributed by atoms with Crippen molar-refractivity contribution < 1.29 is 19.4 Å². The van der Waals surface area contributed by atoms with E-state index in [1.807, 2.05) is 17.0 Å². The van der Waals surface area contributed by atoms with Crippen molar-refractivity contribution in [2.24, 2.45) is 5.41 Å². The van der Waals surface area contributed by atoms with E-state index in [1.54, 1.807) is 7.11 Å². The Hall–Kier alpha value is -2.50. The van der Waals surface area contributed by atoms with Crippen molar-refractivity contribution in [2.75, 3.05) is 20.2 Å². The van der Waals surface area contributed by atoms with Crippen LogP contribution >= 0.6 is 0 Å². The highest BCUT2D eigenvalue weighted by atomic mass is 16.5. The van der Waals surface area contributed by atoms with E-state index in [2.05, 4.69) is 17.2 Å². The molecule has 6 nitrogen and oxygen atoms in total. The molecule has 27 heavy (non-hydrogen) atoms. The average Bonchev–Trinajstić information content (AvgIpc) is 3.07. The Morgan fingerprint density at radius 1 is 1.30 bits per heavy atom. The second-order valence-electron chi connectivity index (χ2n) is 7.93. The van der Waals surface area contributed by atoms with Crippen LogP contribution in [0, 0.1) is 5.41 Å². The highest BCUT2D eigenvalue weighted by Crippen LogP contribution is 2.45. The van der Waals surface area contributed by atoms with Crippen LogP contribution in [0.15, 0.2) is 24.4 Å². The van der Waals surface area contributed by atoms with Gasteiger partial charge in [0.2, 0.25) is 5.91 Å². The molecule has 0 radical (unpaired) electrons. The third-order valence-electron chi connectivity index (χ3n) is 6.46. The van der Waals surface area contributed by atoms with Gasteiger partial charge in [-0.1, -0.05) is 6.42 Å². The quantitative estimate of drug-likeness (QED) is 0.843. The first-order valence-corrected chi connectivity index (χ1v) is 9.69. The van der Waals surface area contributed by atoms with Gasteiger partial charge >= 0.3 is 5.97 Å². The predicted molar refractivity (Wildman–Crippen MR) is 102 cm³/mol. The maximum absolute atomic E-state index is 12.6. The lowest BCUT2D eigenvalue weighted by Crippen LogP contribution is -2.45. The molecule has 2 heterocycles. The molecule has 1 aliphatic heterocycles. The van der Waals surface area contributed by atoms with Gasteiger partial charge in [-0.15, -0.1) is 0 Å². The number of aromatic amines is 1. The molecule has 1 aromatic carbocycles. The van der Waals surface area contributed by atoms with Crippen molar-refractivity contribution in [1.29, 1.82) is 0 Å². The molecule has 0 bridgehead atoms. The molecule has 2 N–H and O–H groups in total. The van der Waals surface area contributed by atoms with Crippen LogP contribution in [0.25, 0.3) is 10.9 Å². The number of methoxy groups -OCH3 is 1. The van der Waals surface area contributed by atoms with Gasteiger partial charge in [-0.25, -0.2) is 0 Å². The van der Waals surface area contributed by atoms with Gasteiger partial charge in [0.15, 0.2) is 0 Å². The number of carboxylic acids is 1. The number of ether oxygens (including phenoxy) is 1. The minimum atomic E-state index is -0.815. The lowest BCUT2D eigenvalue weighted by Gasteiger charge is -2.39. The Kier molecular flexibility index (Phi) is 4.58. The summed E-state index contributed by atoms with van der Waals surface area (Å²) in [6, 6.07) is 6.04. The summed E-state index contributed by atoms with van der Waals surface area (Å²) >= 11 is 0. The second kappa shape index (κ2) is 6.91. The van der Waals surface area contributed by atoms with E-state index in [-0.39, 0.29) is 12.3 Å². The SMILES string of the molecule is COc1ccc2[nH]cc(C3CCN(C(=O)CC4(C(=O)O)CCC4)CC3)c2c1. The van der Waals surface area contributed by atoms with Crippen molar-refractivity contribution >= 4 is 22.8 Å². The van der Waals surface area contributed by atoms with E-state index in [9.17, 15) is 14.7 Å². The van der Waals surface area contributed by atoms with Crippen molar-refractivity contribution in [2.45, 2.75) is 44.4 Å². The number of carbonyl (C=O) groups excluding carboxylic acids is 1. The molecular weight excluding hydrogens is 344 g/mol. The van der Waals surface area contributed by atoms with E-state index in [0.29, 0.717) is 31.8 Å². The normalized spacial score (nSPS) is 19.7. The molecule has 2 aromatic rings. The third kappa shape index (κ3) is 3.17. The largest absolute Gasteiger partial charge is 0.497 e. The Morgan fingerprint density at radius 2 is 2.04 bits per heavy atom. The van der Waals surface area contributed by atoms with Crippen molar-refractivity contribution in [3.63, 3.8) is 0 Å². The first-order chi connectivity index (χ1) is 13.0. The number of aliphatic carboxylic acids is 1. The van der Waals surface area contributed by atoms with Crippen LogP contribution in [-0.2, 0) is 9.59 Å². The standard InChI is InChI=1S/C21H26N2O4/c1-27-15-3-4-18-16(11-15)17(13-22-18)14-5-9-23(10-6-14)19(24)12-21(20(25)26)7-2-8-21/h3-4,11,13-14,22H,2,5-10,12H2,1H3,(H,25,26). The van der Waals surface area contributed by atoms with Gasteiger partial charge in [0.05, 0.1) is 12.5 Å². The molecule has 0 unspecified atom stereocenters. The van der Waals surface area contributed by atoms with E-state index in [0.717, 1.165) is 30.5 Å². The maximum Gasteiger partial charge on any atom is 0.310 e. The summed E-state index contributed by atoms with van der Waals surface area (Å²) in [6.45, 7) is 1.38. The number of nitrogens with zero attached hydrogens (tertiary/aromatic N) is 1. The van der Waals surface area contributed by atoms with Crippen LogP contribution in [0.2, 0.25) is 0 Å². The number of amides is 1. The van der Waals surface area contributed by atoms with Gasteiger partial charge in [0, 0.05) is 36.6 Å². The van der Waals surface area contributed by atoms with Crippen LogP contribution in [0.1, 0.15) is 50.0 Å². The van der Waals surface area contributed by atoms with E-state index in [1.165, 1.54) is 10.9 Å². The first-order valence-electron chi connectivity index (χ1n) is 9.69. The summed E-state index contributed by atoms with van der Waals surface area (Å²) in [7, 11) is 1.67. The lowest BCUT2D eigenvalue weighted by molar-refractivity contribution is -0.159. The molecule has 6 heteroatoms. The van der Waals surface area contributed by atoms with Crippen LogP contribution in [0.5, 0.6) is 5.75 Å². The smallest absolute Gasteiger partial charge is 0.310 e. The summed E-state index contributed by atoms with van der Waals surface area (Å²) in [4.78, 5) is 29.3. The zero-order valence-electron chi connectivity index (χ0n) is 15.7. The number of hydrogen-bond donors (Lipinski definition) is 2. The topological polar surface area (TPSA) is 82.6 Å². The van der Waals surface area contributed by atoms with E-state index < -0.39 is 11.4 Å². The Labute approximate surface area is 158 Å². The van der Waals surface area contributed by atoms with Crippen LogP contribution < -0.4 is 4.74 Å². The van der Waals surface area contributed by atoms with E-state index in [4.69, 9.17) is 4.74 Å². The van der Waals surface area contributed by atoms with Gasteiger partial charge in [-0.05, 0) is 55.4 Å². The van der Waals surface area contributed by atoms with Crippen LogP contribution in [-0.4, -0.2) is 47.1 Å². The second-order valence-corrected chi connectivity index (χ2v) is 7.93. The number of benzene rings is 1. The summed E-state index contributed by atoms with van der Waals surface area (Å²) < 4.78 is 5.35. The minimum Gasteiger partial charge on any atom is -0.497 e.